The van der Waals surface area contributed by atoms with E-state index in [1.54, 1.807) is 24.3 Å². The number of benzene rings is 2. The maximum Gasteiger partial charge on any atom is 0.256 e. The van der Waals surface area contributed by atoms with Crippen LogP contribution in [0.2, 0.25) is 0 Å². The van der Waals surface area contributed by atoms with Crippen LogP contribution in [0.1, 0.15) is 15.9 Å². The lowest BCUT2D eigenvalue weighted by Crippen LogP contribution is -2.13. The van der Waals surface area contributed by atoms with Crippen LogP contribution in [0.3, 0.4) is 0 Å². The van der Waals surface area contributed by atoms with E-state index in [-0.39, 0.29) is 5.91 Å². The van der Waals surface area contributed by atoms with Crippen molar-refractivity contribution in [1.82, 2.24) is 0 Å². The van der Waals surface area contributed by atoms with Gasteiger partial charge in [-0.05, 0) is 36.6 Å². The van der Waals surface area contributed by atoms with Gasteiger partial charge in [-0.15, -0.1) is 11.8 Å². The third-order valence-corrected chi connectivity index (χ3v) is 3.99. The third kappa shape index (κ3) is 3.21. The van der Waals surface area contributed by atoms with Crippen molar-refractivity contribution < 1.29 is 4.79 Å². The molecule has 0 bridgehead atoms. The zero-order valence-corrected chi connectivity index (χ0v) is 13.1. The first kappa shape index (κ1) is 14.6. The highest BCUT2D eigenvalue weighted by Crippen LogP contribution is 2.24. The molecule has 0 spiro atoms. The van der Waals surface area contributed by atoms with E-state index in [0.29, 0.717) is 16.8 Å². The maximum absolute atomic E-state index is 12.3. The summed E-state index contributed by atoms with van der Waals surface area (Å²) in [6.07, 6.45) is 1.92. The summed E-state index contributed by atoms with van der Waals surface area (Å²) in [4.78, 5) is 13.2. The summed E-state index contributed by atoms with van der Waals surface area (Å²) < 4.78 is 0.810. The first-order valence-corrected chi connectivity index (χ1v) is 7.81. The Balaban J connectivity index is 2.33. The number of hydrogen-bond donors (Lipinski definition) is 1. The van der Waals surface area contributed by atoms with Crippen molar-refractivity contribution >= 4 is 39.3 Å². The molecule has 20 heavy (non-hydrogen) atoms. The predicted octanol–water partition coefficient (Wildman–Crippen LogP) is 4.29. The molecule has 0 unspecified atom stereocenters. The Bertz CT molecular complexity index is 695. The molecule has 0 aliphatic rings. The van der Waals surface area contributed by atoms with Gasteiger partial charge in [0.15, 0.2) is 0 Å². The molecule has 0 heterocycles. The highest BCUT2D eigenvalue weighted by Gasteiger charge is 2.12. The summed E-state index contributed by atoms with van der Waals surface area (Å²) in [6.45, 7) is 0. The average Bonchev–Trinajstić information content (AvgIpc) is 2.47. The number of rotatable bonds is 3. The molecule has 0 saturated carbocycles. The number of carbonyl (C=O) groups excluding carboxylic acids is 1. The smallest absolute Gasteiger partial charge is 0.256 e. The minimum absolute atomic E-state index is 0.218. The number of nitrogens with zero attached hydrogens (tertiary/aromatic N) is 1. The number of nitriles is 1. The molecule has 0 saturated heterocycles. The Labute approximate surface area is 130 Å². The summed E-state index contributed by atoms with van der Waals surface area (Å²) in [5, 5.41) is 11.9. The van der Waals surface area contributed by atoms with Gasteiger partial charge >= 0.3 is 0 Å². The van der Waals surface area contributed by atoms with Crippen LogP contribution in [0.4, 0.5) is 5.69 Å². The summed E-state index contributed by atoms with van der Waals surface area (Å²) in [5.74, 6) is -0.218. The highest BCUT2D eigenvalue weighted by atomic mass is 79.9. The molecule has 1 amide bonds. The fraction of sp³-hybridized carbons (Fsp3) is 0.0667. The summed E-state index contributed by atoms with van der Waals surface area (Å²) >= 11 is 4.85. The summed E-state index contributed by atoms with van der Waals surface area (Å²) in [6, 6.07) is 14.6. The quantitative estimate of drug-likeness (QED) is 0.843. The van der Waals surface area contributed by atoms with Crippen molar-refractivity contribution in [2.24, 2.45) is 0 Å². The summed E-state index contributed by atoms with van der Waals surface area (Å²) in [7, 11) is 0. The number of anilines is 1. The second-order valence-corrected chi connectivity index (χ2v) is 5.72. The third-order valence-electron chi connectivity index (χ3n) is 2.70. The fourth-order valence-corrected chi connectivity index (χ4v) is 2.70. The van der Waals surface area contributed by atoms with Crippen molar-refractivity contribution in [2.45, 2.75) is 4.90 Å². The van der Waals surface area contributed by atoms with Crippen LogP contribution in [0.25, 0.3) is 0 Å². The fourth-order valence-electron chi connectivity index (χ4n) is 1.74. The predicted molar refractivity (Wildman–Crippen MR) is 85.0 cm³/mol. The zero-order chi connectivity index (χ0) is 14.5. The molecule has 100 valence electrons. The van der Waals surface area contributed by atoms with Crippen molar-refractivity contribution in [3.63, 3.8) is 0 Å². The number of nitrogens with one attached hydrogen (secondary N) is 1. The van der Waals surface area contributed by atoms with Gasteiger partial charge in [0, 0.05) is 9.37 Å². The first-order valence-electron chi connectivity index (χ1n) is 5.79. The van der Waals surface area contributed by atoms with Gasteiger partial charge in [-0.25, -0.2) is 0 Å². The SMILES string of the molecule is CSc1ccccc1C(=O)Nc1cc(Br)ccc1C#N. The topological polar surface area (TPSA) is 52.9 Å². The Hall–Kier alpha value is -1.77. The number of halogens is 1. The van der Waals surface area contributed by atoms with E-state index in [0.717, 1.165) is 9.37 Å². The summed E-state index contributed by atoms with van der Waals surface area (Å²) in [5.41, 5.74) is 1.54. The Morgan fingerprint density at radius 3 is 2.75 bits per heavy atom. The number of amides is 1. The van der Waals surface area contributed by atoms with Crippen LogP contribution < -0.4 is 5.32 Å². The van der Waals surface area contributed by atoms with Crippen LogP contribution in [-0.2, 0) is 0 Å². The van der Waals surface area contributed by atoms with Gasteiger partial charge in [-0.1, -0.05) is 28.1 Å². The van der Waals surface area contributed by atoms with Gasteiger partial charge in [0.05, 0.1) is 16.8 Å². The molecule has 1 N–H and O–H groups in total. The molecular weight excluding hydrogens is 336 g/mol. The molecule has 0 radical (unpaired) electrons. The second kappa shape index (κ2) is 6.60. The van der Waals surface area contributed by atoms with Crippen molar-refractivity contribution in [3.8, 4) is 6.07 Å². The molecule has 0 fully saturated rings. The molecule has 2 rings (SSSR count). The minimum atomic E-state index is -0.218. The zero-order valence-electron chi connectivity index (χ0n) is 10.7. The highest BCUT2D eigenvalue weighted by molar-refractivity contribution is 9.10. The minimum Gasteiger partial charge on any atom is -0.321 e. The van der Waals surface area contributed by atoms with Crippen LogP contribution in [-0.4, -0.2) is 12.2 Å². The molecule has 2 aromatic carbocycles. The average molecular weight is 347 g/mol. The van der Waals surface area contributed by atoms with Crippen LogP contribution in [0.15, 0.2) is 51.8 Å². The maximum atomic E-state index is 12.3. The van der Waals surface area contributed by atoms with Gasteiger partial charge in [-0.2, -0.15) is 5.26 Å². The Morgan fingerprint density at radius 2 is 2.05 bits per heavy atom. The Kier molecular flexibility index (Phi) is 4.83. The van der Waals surface area contributed by atoms with Gasteiger partial charge < -0.3 is 5.32 Å². The van der Waals surface area contributed by atoms with Crippen molar-refractivity contribution in [1.29, 1.82) is 5.26 Å². The molecule has 0 aliphatic heterocycles. The number of carbonyl (C=O) groups is 1. The number of thioether (sulfide) groups is 1. The van der Waals surface area contributed by atoms with E-state index in [1.807, 2.05) is 24.5 Å². The second-order valence-electron chi connectivity index (χ2n) is 3.96. The van der Waals surface area contributed by atoms with Crippen LogP contribution in [0, 0.1) is 11.3 Å². The molecule has 5 heteroatoms. The molecule has 0 aromatic heterocycles. The van der Waals surface area contributed by atoms with Gasteiger partial charge in [0.1, 0.15) is 6.07 Å². The molecule has 3 nitrogen and oxygen atoms in total. The van der Waals surface area contributed by atoms with E-state index in [4.69, 9.17) is 5.26 Å². The van der Waals surface area contributed by atoms with E-state index in [9.17, 15) is 4.79 Å². The van der Waals surface area contributed by atoms with Gasteiger partial charge in [-0.3, -0.25) is 4.79 Å². The first-order chi connectivity index (χ1) is 9.65. The molecule has 0 atom stereocenters. The van der Waals surface area contributed by atoms with E-state index in [2.05, 4.69) is 27.3 Å². The van der Waals surface area contributed by atoms with Crippen molar-refractivity contribution in [3.05, 3.63) is 58.1 Å². The lowest BCUT2D eigenvalue weighted by Gasteiger charge is -2.10. The standard InChI is InChI=1S/C15H11BrN2OS/c1-20-14-5-3-2-4-12(14)15(19)18-13-8-11(16)7-6-10(13)9-17/h2-8H,1H3,(H,18,19). The lowest BCUT2D eigenvalue weighted by molar-refractivity contribution is 0.102. The van der Waals surface area contributed by atoms with E-state index in [1.165, 1.54) is 11.8 Å². The van der Waals surface area contributed by atoms with Crippen LogP contribution >= 0.6 is 27.7 Å². The molecular formula is C15H11BrN2OS. The largest absolute Gasteiger partial charge is 0.321 e. The lowest BCUT2D eigenvalue weighted by atomic mass is 10.1. The molecule has 2 aromatic rings. The monoisotopic (exact) mass is 346 g/mol. The molecule has 0 aliphatic carbocycles. The van der Waals surface area contributed by atoms with Gasteiger partial charge in [0.25, 0.3) is 5.91 Å². The number of hydrogen-bond acceptors (Lipinski definition) is 3. The van der Waals surface area contributed by atoms with E-state index >= 15 is 0 Å². The Morgan fingerprint density at radius 1 is 1.30 bits per heavy atom. The normalized spacial score (nSPS) is 9.85. The van der Waals surface area contributed by atoms with Gasteiger partial charge in [0.2, 0.25) is 0 Å². The van der Waals surface area contributed by atoms with E-state index < -0.39 is 0 Å². The van der Waals surface area contributed by atoms with Crippen molar-refractivity contribution in [2.75, 3.05) is 11.6 Å². The van der Waals surface area contributed by atoms with Crippen LogP contribution in [0.5, 0.6) is 0 Å².